The van der Waals surface area contributed by atoms with Crippen molar-refractivity contribution in [2.75, 3.05) is 26.9 Å². The minimum atomic E-state index is 0.0188. The lowest BCUT2D eigenvalue weighted by atomic mass is 10.00. The Kier molecular flexibility index (Phi) is 6.08. The molecule has 3 aromatic heterocycles. The number of nitrogens with zero attached hydrogens (tertiary/aromatic N) is 5. The highest BCUT2D eigenvalue weighted by molar-refractivity contribution is 6.00. The molecule has 5 heterocycles. The molecule has 9 heteroatoms. The lowest BCUT2D eigenvalue weighted by molar-refractivity contribution is 0.0617. The quantitative estimate of drug-likeness (QED) is 0.405. The van der Waals surface area contributed by atoms with Crippen LogP contribution in [0, 0.1) is 11.8 Å². The number of methoxy groups -OCH3 is 1. The van der Waals surface area contributed by atoms with Crippen molar-refractivity contribution in [1.82, 2.24) is 24.0 Å². The number of amides is 1. The maximum Gasteiger partial charge on any atom is 0.254 e. The second-order valence-corrected chi connectivity index (χ2v) is 11.3. The zero-order valence-electron chi connectivity index (χ0n) is 22.7. The molecule has 0 spiro atoms. The molecule has 204 valence electrons. The molecule has 4 aromatic rings. The van der Waals surface area contributed by atoms with Crippen LogP contribution in [0.4, 0.5) is 0 Å². The van der Waals surface area contributed by atoms with Crippen LogP contribution in [0.15, 0.2) is 36.5 Å². The third-order valence-corrected chi connectivity index (χ3v) is 9.17. The number of benzene rings is 1. The molecule has 1 amide bonds. The normalized spacial score (nSPS) is 23.4. The maximum absolute atomic E-state index is 13.7. The van der Waals surface area contributed by atoms with Gasteiger partial charge in [-0.25, -0.2) is 9.97 Å². The summed E-state index contributed by atoms with van der Waals surface area (Å²) in [5.41, 5.74) is 10.7. The average Bonchev–Trinajstić information content (AvgIpc) is 3.72. The minimum absolute atomic E-state index is 0.0188. The molecule has 1 aromatic carbocycles. The Bertz CT molecular complexity index is 1550. The lowest BCUT2D eigenvalue weighted by Crippen LogP contribution is -2.41. The first-order chi connectivity index (χ1) is 19.1. The molecule has 3 unspecified atom stereocenters. The van der Waals surface area contributed by atoms with Crippen LogP contribution >= 0.6 is 0 Å². The summed E-state index contributed by atoms with van der Waals surface area (Å²) in [5, 5.41) is 1.09. The summed E-state index contributed by atoms with van der Waals surface area (Å²) in [7, 11) is 1.68. The van der Waals surface area contributed by atoms with Crippen LogP contribution < -0.4 is 10.5 Å². The van der Waals surface area contributed by atoms with E-state index in [1.54, 1.807) is 7.11 Å². The van der Waals surface area contributed by atoms with Gasteiger partial charge in [0.2, 0.25) is 0 Å². The van der Waals surface area contributed by atoms with Gasteiger partial charge >= 0.3 is 0 Å². The fraction of sp³-hybridized carbons (Fsp3) is 0.500. The van der Waals surface area contributed by atoms with Gasteiger partial charge in [-0.05, 0) is 74.8 Å². The molecule has 2 N–H and O–H groups in total. The topological polar surface area (TPSA) is 100 Å². The van der Waals surface area contributed by atoms with Gasteiger partial charge < -0.3 is 29.2 Å². The van der Waals surface area contributed by atoms with Crippen molar-refractivity contribution >= 4 is 28.0 Å². The molecule has 9 nitrogen and oxygen atoms in total. The SMILES string of the molecule is CCn1c(-c2nc3cc(C(=O)N4CC5CCC4C5N)cc(OC)c3n2CC2CCOCC2)cc2cccnc21. The van der Waals surface area contributed by atoms with E-state index in [0.29, 0.717) is 23.1 Å². The van der Waals surface area contributed by atoms with E-state index in [4.69, 9.17) is 20.2 Å². The lowest BCUT2D eigenvalue weighted by Gasteiger charge is -2.27. The molecule has 0 radical (unpaired) electrons. The molecule has 2 aliphatic heterocycles. The van der Waals surface area contributed by atoms with Crippen molar-refractivity contribution in [1.29, 1.82) is 0 Å². The second-order valence-electron chi connectivity index (χ2n) is 11.3. The summed E-state index contributed by atoms with van der Waals surface area (Å²) in [6.07, 6.45) is 5.94. The number of imidazole rings is 1. The molecular formula is C30H36N6O3. The van der Waals surface area contributed by atoms with Crippen molar-refractivity contribution < 1.29 is 14.3 Å². The van der Waals surface area contributed by atoms with E-state index < -0.39 is 0 Å². The van der Waals surface area contributed by atoms with Gasteiger partial charge in [-0.2, -0.15) is 0 Å². The fourth-order valence-corrected chi connectivity index (χ4v) is 7.11. The van der Waals surface area contributed by atoms with Gasteiger partial charge in [-0.3, -0.25) is 4.79 Å². The molecule has 2 saturated heterocycles. The van der Waals surface area contributed by atoms with Gasteiger partial charge in [0.25, 0.3) is 5.91 Å². The highest BCUT2D eigenvalue weighted by atomic mass is 16.5. The largest absolute Gasteiger partial charge is 0.494 e. The number of carbonyl (C=O) groups excluding carboxylic acids is 1. The monoisotopic (exact) mass is 528 g/mol. The van der Waals surface area contributed by atoms with Crippen LogP contribution in [-0.2, 0) is 17.8 Å². The van der Waals surface area contributed by atoms with Crippen LogP contribution in [0.1, 0.15) is 43.0 Å². The van der Waals surface area contributed by atoms with E-state index in [-0.39, 0.29) is 18.0 Å². The van der Waals surface area contributed by atoms with E-state index in [2.05, 4.69) is 33.2 Å². The zero-order chi connectivity index (χ0) is 26.7. The molecule has 1 saturated carbocycles. The molecular weight excluding hydrogens is 492 g/mol. The van der Waals surface area contributed by atoms with E-state index in [0.717, 1.165) is 92.1 Å². The summed E-state index contributed by atoms with van der Waals surface area (Å²) in [6, 6.07) is 10.3. The predicted octanol–water partition coefficient (Wildman–Crippen LogP) is 4.07. The van der Waals surface area contributed by atoms with Gasteiger partial charge in [0.15, 0.2) is 5.82 Å². The number of carbonyl (C=O) groups is 1. The fourth-order valence-electron chi connectivity index (χ4n) is 7.11. The van der Waals surface area contributed by atoms with Crippen LogP contribution in [0.25, 0.3) is 33.6 Å². The Labute approximate surface area is 227 Å². The number of nitrogens with two attached hydrogens (primary N) is 1. The van der Waals surface area contributed by atoms with Crippen molar-refractivity contribution in [3.05, 3.63) is 42.1 Å². The molecule has 3 atom stereocenters. The Hall–Kier alpha value is -3.43. The number of pyridine rings is 1. The van der Waals surface area contributed by atoms with E-state index in [1.807, 2.05) is 29.3 Å². The number of ether oxygens (including phenoxy) is 2. The Morgan fingerprint density at radius 3 is 2.72 bits per heavy atom. The second kappa shape index (κ2) is 9.64. The predicted molar refractivity (Wildman–Crippen MR) is 150 cm³/mol. The summed E-state index contributed by atoms with van der Waals surface area (Å²) in [5.74, 6) is 2.44. The van der Waals surface area contributed by atoms with Gasteiger partial charge in [0.1, 0.15) is 16.9 Å². The highest BCUT2D eigenvalue weighted by Gasteiger charge is 2.47. The average molecular weight is 529 g/mol. The Morgan fingerprint density at radius 2 is 2.00 bits per heavy atom. The van der Waals surface area contributed by atoms with Gasteiger partial charge in [-0.15, -0.1) is 0 Å². The molecule has 1 aliphatic carbocycles. The number of rotatable bonds is 6. The van der Waals surface area contributed by atoms with Crippen LogP contribution in [0.2, 0.25) is 0 Å². The van der Waals surface area contributed by atoms with Gasteiger partial charge in [0, 0.05) is 62.1 Å². The molecule has 39 heavy (non-hydrogen) atoms. The summed E-state index contributed by atoms with van der Waals surface area (Å²) >= 11 is 0. The summed E-state index contributed by atoms with van der Waals surface area (Å²) in [4.78, 5) is 25.6. The molecule has 7 rings (SSSR count). The molecule has 3 aliphatic rings. The third-order valence-electron chi connectivity index (χ3n) is 9.17. The summed E-state index contributed by atoms with van der Waals surface area (Å²) in [6.45, 7) is 6.01. The number of fused-ring (bicyclic) bond motifs is 4. The number of aryl methyl sites for hydroxylation is 1. The van der Waals surface area contributed by atoms with Crippen LogP contribution in [0.3, 0.4) is 0 Å². The number of hydrogen-bond donors (Lipinski definition) is 1. The summed E-state index contributed by atoms with van der Waals surface area (Å²) < 4.78 is 16.1. The van der Waals surface area contributed by atoms with Crippen molar-refractivity contribution in [3.8, 4) is 17.3 Å². The van der Waals surface area contributed by atoms with Crippen molar-refractivity contribution in [2.24, 2.45) is 17.6 Å². The minimum Gasteiger partial charge on any atom is -0.494 e. The first-order valence-electron chi connectivity index (χ1n) is 14.2. The third kappa shape index (κ3) is 3.93. The van der Waals surface area contributed by atoms with E-state index in [1.165, 1.54) is 0 Å². The molecule has 3 fully saturated rings. The van der Waals surface area contributed by atoms with Gasteiger partial charge in [-0.1, -0.05) is 0 Å². The number of hydrogen-bond acceptors (Lipinski definition) is 6. The number of likely N-dealkylation sites (tertiary alicyclic amines) is 1. The van der Waals surface area contributed by atoms with E-state index >= 15 is 0 Å². The zero-order valence-corrected chi connectivity index (χ0v) is 22.7. The van der Waals surface area contributed by atoms with Crippen LogP contribution in [-0.4, -0.2) is 68.9 Å². The van der Waals surface area contributed by atoms with Crippen LogP contribution in [0.5, 0.6) is 5.75 Å². The smallest absolute Gasteiger partial charge is 0.254 e. The number of aromatic nitrogens is 4. The van der Waals surface area contributed by atoms with E-state index in [9.17, 15) is 4.79 Å². The Morgan fingerprint density at radius 1 is 1.15 bits per heavy atom. The van der Waals surface area contributed by atoms with Crippen molar-refractivity contribution in [2.45, 2.75) is 57.8 Å². The standard InChI is InChI=1S/C30H36N6O3/c1-3-34-24(14-19-5-4-10-32-28(19)34)29-33-22-13-21(30(37)35-17-20-6-7-23(35)26(20)31)15-25(38-2)27(22)36(29)16-18-8-11-39-12-9-18/h4-5,10,13-15,18,20,23,26H,3,6-9,11-12,16-17,31H2,1-2H3. The highest BCUT2D eigenvalue weighted by Crippen LogP contribution is 2.40. The first kappa shape index (κ1) is 24.6. The number of piperidine rings is 1. The van der Waals surface area contributed by atoms with Crippen molar-refractivity contribution in [3.63, 3.8) is 0 Å². The maximum atomic E-state index is 13.7. The van der Waals surface area contributed by atoms with Gasteiger partial charge in [0.05, 0.1) is 18.3 Å². The Balaban J connectivity index is 1.38. The molecule has 2 bridgehead atoms. The first-order valence-corrected chi connectivity index (χ1v) is 14.2.